The van der Waals surface area contributed by atoms with Crippen molar-refractivity contribution >= 4 is 31.9 Å². The second kappa shape index (κ2) is 14.9. The van der Waals surface area contributed by atoms with Gasteiger partial charge in [-0.25, -0.2) is 0 Å². The predicted octanol–water partition coefficient (Wildman–Crippen LogP) is 4.91. The number of unbranched alkanes of at least 4 members (excludes halogenated alkanes) is 6. The SMILES string of the molecule is BrCCCCCCOCCCCCCBr. The molecule has 0 rings (SSSR count). The van der Waals surface area contributed by atoms with Crippen LogP contribution in [0.25, 0.3) is 0 Å². The Hall–Kier alpha value is 0.920. The Bertz CT molecular complexity index is 97.8. The van der Waals surface area contributed by atoms with Crippen LogP contribution in [0, 0.1) is 0 Å². The smallest absolute Gasteiger partial charge is 0.0466 e. The zero-order valence-corrected chi connectivity index (χ0v) is 12.8. The molecule has 3 heteroatoms. The Morgan fingerprint density at radius 2 is 0.933 bits per heavy atom. The van der Waals surface area contributed by atoms with Crippen LogP contribution in [0.3, 0.4) is 0 Å². The third kappa shape index (κ3) is 14.9. The van der Waals surface area contributed by atoms with Gasteiger partial charge in [-0.1, -0.05) is 57.5 Å². The van der Waals surface area contributed by atoms with E-state index in [1.807, 2.05) is 0 Å². The highest BCUT2D eigenvalue weighted by Gasteiger charge is 1.92. The van der Waals surface area contributed by atoms with Crippen LogP contribution >= 0.6 is 31.9 Å². The zero-order valence-electron chi connectivity index (χ0n) is 9.65. The summed E-state index contributed by atoms with van der Waals surface area (Å²) in [5.41, 5.74) is 0. The van der Waals surface area contributed by atoms with Crippen molar-refractivity contribution in [1.82, 2.24) is 0 Å². The van der Waals surface area contributed by atoms with Gasteiger partial charge in [-0.2, -0.15) is 0 Å². The van der Waals surface area contributed by atoms with Crippen molar-refractivity contribution in [3.8, 4) is 0 Å². The van der Waals surface area contributed by atoms with Gasteiger partial charge in [0, 0.05) is 23.9 Å². The molecular formula is C12H24Br2O. The van der Waals surface area contributed by atoms with Gasteiger partial charge in [0.05, 0.1) is 0 Å². The molecule has 0 saturated heterocycles. The average molecular weight is 344 g/mol. The van der Waals surface area contributed by atoms with Crippen LogP contribution in [0.1, 0.15) is 51.4 Å². The van der Waals surface area contributed by atoms with Gasteiger partial charge < -0.3 is 4.74 Å². The lowest BCUT2D eigenvalue weighted by Gasteiger charge is -2.03. The second-order valence-corrected chi connectivity index (χ2v) is 5.40. The largest absolute Gasteiger partial charge is 0.381 e. The molecule has 0 aromatic rings. The Balaban J connectivity index is 2.81. The molecule has 0 bridgehead atoms. The van der Waals surface area contributed by atoms with Gasteiger partial charge in [0.25, 0.3) is 0 Å². The first-order valence-electron chi connectivity index (χ1n) is 6.11. The summed E-state index contributed by atoms with van der Waals surface area (Å²) < 4.78 is 5.57. The van der Waals surface area contributed by atoms with Crippen molar-refractivity contribution in [3.05, 3.63) is 0 Å². The maximum absolute atomic E-state index is 5.57. The standard InChI is InChI=1S/C12H24Br2O/c13-9-5-1-3-7-11-15-12-8-4-2-6-10-14/h1-12H2. The van der Waals surface area contributed by atoms with Crippen LogP contribution in [-0.4, -0.2) is 23.9 Å². The fraction of sp³-hybridized carbons (Fsp3) is 1.00. The fourth-order valence-corrected chi connectivity index (χ4v) is 2.20. The molecule has 0 saturated carbocycles. The monoisotopic (exact) mass is 342 g/mol. The number of hydrogen-bond acceptors (Lipinski definition) is 1. The van der Waals surface area contributed by atoms with Crippen molar-refractivity contribution in [2.45, 2.75) is 51.4 Å². The van der Waals surface area contributed by atoms with Crippen LogP contribution in [0.5, 0.6) is 0 Å². The summed E-state index contributed by atoms with van der Waals surface area (Å²) in [5, 5.41) is 2.28. The van der Waals surface area contributed by atoms with E-state index in [1.54, 1.807) is 0 Å². The Labute approximate surface area is 112 Å². The molecule has 0 amide bonds. The number of hydrogen-bond donors (Lipinski definition) is 0. The van der Waals surface area contributed by atoms with Gasteiger partial charge in [-0.15, -0.1) is 0 Å². The highest BCUT2D eigenvalue weighted by Crippen LogP contribution is 2.04. The predicted molar refractivity (Wildman–Crippen MR) is 75.3 cm³/mol. The zero-order chi connectivity index (χ0) is 11.2. The third-order valence-corrected chi connectivity index (χ3v) is 3.47. The molecule has 0 atom stereocenters. The lowest BCUT2D eigenvalue weighted by Crippen LogP contribution is -1.97. The molecule has 0 radical (unpaired) electrons. The first-order chi connectivity index (χ1) is 7.41. The van der Waals surface area contributed by atoms with E-state index in [9.17, 15) is 0 Å². The minimum atomic E-state index is 0.959. The van der Waals surface area contributed by atoms with Gasteiger partial charge in [-0.3, -0.25) is 0 Å². The summed E-state index contributed by atoms with van der Waals surface area (Å²) in [6, 6.07) is 0. The van der Waals surface area contributed by atoms with Crippen LogP contribution < -0.4 is 0 Å². The summed E-state index contributed by atoms with van der Waals surface area (Å²) in [5.74, 6) is 0. The van der Waals surface area contributed by atoms with Gasteiger partial charge in [0.15, 0.2) is 0 Å². The molecule has 0 heterocycles. The molecule has 0 spiro atoms. The molecule has 0 aromatic heterocycles. The Kier molecular flexibility index (Phi) is 15.8. The van der Waals surface area contributed by atoms with Gasteiger partial charge in [0.1, 0.15) is 0 Å². The topological polar surface area (TPSA) is 9.23 Å². The molecule has 0 aromatic carbocycles. The van der Waals surface area contributed by atoms with E-state index in [-0.39, 0.29) is 0 Å². The van der Waals surface area contributed by atoms with Crippen LogP contribution in [0.2, 0.25) is 0 Å². The van der Waals surface area contributed by atoms with Crippen molar-refractivity contribution in [2.24, 2.45) is 0 Å². The second-order valence-electron chi connectivity index (χ2n) is 3.82. The molecule has 0 aliphatic carbocycles. The fourth-order valence-electron chi connectivity index (χ4n) is 1.41. The molecule has 0 unspecified atom stereocenters. The van der Waals surface area contributed by atoms with Crippen LogP contribution in [0.4, 0.5) is 0 Å². The van der Waals surface area contributed by atoms with Crippen molar-refractivity contribution in [3.63, 3.8) is 0 Å². The van der Waals surface area contributed by atoms with E-state index < -0.39 is 0 Å². The summed E-state index contributed by atoms with van der Waals surface area (Å²) in [6.45, 7) is 1.92. The number of rotatable bonds is 12. The van der Waals surface area contributed by atoms with E-state index in [1.165, 1.54) is 51.4 Å². The summed E-state index contributed by atoms with van der Waals surface area (Å²) in [4.78, 5) is 0. The minimum absolute atomic E-state index is 0.959. The van der Waals surface area contributed by atoms with E-state index in [0.29, 0.717) is 0 Å². The van der Waals surface area contributed by atoms with E-state index in [2.05, 4.69) is 31.9 Å². The Morgan fingerprint density at radius 1 is 0.533 bits per heavy atom. The number of ether oxygens (including phenoxy) is 1. The first-order valence-corrected chi connectivity index (χ1v) is 8.35. The van der Waals surface area contributed by atoms with Gasteiger partial charge in [-0.05, 0) is 25.7 Å². The van der Waals surface area contributed by atoms with Crippen molar-refractivity contribution in [2.75, 3.05) is 23.9 Å². The van der Waals surface area contributed by atoms with Crippen molar-refractivity contribution < 1.29 is 4.74 Å². The summed E-state index contributed by atoms with van der Waals surface area (Å²) in [7, 11) is 0. The number of alkyl halides is 2. The third-order valence-electron chi connectivity index (χ3n) is 2.34. The summed E-state index contributed by atoms with van der Waals surface area (Å²) >= 11 is 6.88. The van der Waals surface area contributed by atoms with Crippen LogP contribution in [-0.2, 0) is 4.74 Å². The quantitative estimate of drug-likeness (QED) is 0.361. The first kappa shape index (κ1) is 15.9. The van der Waals surface area contributed by atoms with E-state index in [4.69, 9.17) is 4.74 Å². The Morgan fingerprint density at radius 3 is 1.33 bits per heavy atom. The maximum atomic E-state index is 5.57. The minimum Gasteiger partial charge on any atom is -0.381 e. The highest BCUT2D eigenvalue weighted by molar-refractivity contribution is 9.09. The lowest BCUT2D eigenvalue weighted by molar-refractivity contribution is 0.126. The molecule has 0 aliphatic rings. The molecule has 0 fully saturated rings. The molecule has 92 valence electrons. The molecule has 0 N–H and O–H groups in total. The number of halogens is 2. The molecule has 1 nitrogen and oxygen atoms in total. The normalized spacial score (nSPS) is 10.8. The van der Waals surface area contributed by atoms with Crippen molar-refractivity contribution in [1.29, 1.82) is 0 Å². The van der Waals surface area contributed by atoms with Gasteiger partial charge >= 0.3 is 0 Å². The lowest BCUT2D eigenvalue weighted by atomic mass is 10.2. The maximum Gasteiger partial charge on any atom is 0.0466 e. The van der Waals surface area contributed by atoms with E-state index >= 15 is 0 Å². The molecule has 15 heavy (non-hydrogen) atoms. The average Bonchev–Trinajstić information content (AvgIpc) is 2.26. The van der Waals surface area contributed by atoms with Gasteiger partial charge in [0.2, 0.25) is 0 Å². The summed E-state index contributed by atoms with van der Waals surface area (Å²) in [6.07, 6.45) is 10.4. The molecular weight excluding hydrogens is 320 g/mol. The highest BCUT2D eigenvalue weighted by atomic mass is 79.9. The van der Waals surface area contributed by atoms with E-state index in [0.717, 1.165) is 23.9 Å². The molecule has 0 aliphatic heterocycles. The van der Waals surface area contributed by atoms with Crippen LogP contribution in [0.15, 0.2) is 0 Å².